The lowest BCUT2D eigenvalue weighted by Gasteiger charge is -2.18. The van der Waals surface area contributed by atoms with Gasteiger partial charge in [0.05, 0.1) is 17.4 Å². The van der Waals surface area contributed by atoms with Crippen molar-refractivity contribution in [2.45, 2.75) is 26.9 Å². The second-order valence-corrected chi connectivity index (χ2v) is 6.03. The Bertz CT molecular complexity index is 836. The normalized spacial score (nSPS) is 10.9. The van der Waals surface area contributed by atoms with Crippen molar-refractivity contribution in [2.75, 3.05) is 7.05 Å². The molecule has 0 saturated carbocycles. The van der Waals surface area contributed by atoms with Crippen LogP contribution in [-0.4, -0.2) is 27.4 Å². The quantitative estimate of drug-likeness (QED) is 0.741. The largest absolute Gasteiger partial charge is 0.340 e. The fraction of sp³-hybridized carbons (Fsp3) is 0.263. The first kappa shape index (κ1) is 15.3. The van der Waals surface area contributed by atoms with Crippen LogP contribution in [0.25, 0.3) is 11.0 Å². The Labute approximate surface area is 136 Å². The molecule has 118 valence electrons. The molecule has 0 saturated heterocycles. The molecule has 0 atom stereocenters. The number of likely N-dealkylation sites (N-methyl/N-ethyl adjacent to an activating group) is 1. The van der Waals surface area contributed by atoms with E-state index in [2.05, 4.69) is 31.0 Å². The number of carbonyl (C=O) groups excluding carboxylic acids is 1. The number of carbonyl (C=O) groups is 1. The van der Waals surface area contributed by atoms with E-state index in [1.54, 1.807) is 11.2 Å². The predicted octanol–water partition coefficient (Wildman–Crippen LogP) is 3.31. The van der Waals surface area contributed by atoms with E-state index in [0.29, 0.717) is 13.1 Å². The number of benzene rings is 2. The highest BCUT2D eigenvalue weighted by molar-refractivity contribution is 5.81. The molecule has 4 heteroatoms. The number of amides is 1. The lowest BCUT2D eigenvalue weighted by molar-refractivity contribution is -0.131. The highest BCUT2D eigenvalue weighted by atomic mass is 16.2. The van der Waals surface area contributed by atoms with E-state index in [1.807, 2.05) is 41.9 Å². The average Bonchev–Trinajstić information content (AvgIpc) is 2.91. The van der Waals surface area contributed by atoms with E-state index in [4.69, 9.17) is 0 Å². The van der Waals surface area contributed by atoms with Gasteiger partial charge in [-0.1, -0.05) is 30.3 Å². The zero-order valence-corrected chi connectivity index (χ0v) is 13.8. The minimum atomic E-state index is 0.0754. The first-order valence-corrected chi connectivity index (χ1v) is 7.74. The topological polar surface area (TPSA) is 38.1 Å². The number of hydrogen-bond donors (Lipinski definition) is 0. The van der Waals surface area contributed by atoms with Gasteiger partial charge in [-0.25, -0.2) is 4.98 Å². The van der Waals surface area contributed by atoms with Crippen LogP contribution >= 0.6 is 0 Å². The third-order valence-electron chi connectivity index (χ3n) is 4.23. The fourth-order valence-corrected chi connectivity index (χ4v) is 2.65. The van der Waals surface area contributed by atoms with Gasteiger partial charge in [-0.3, -0.25) is 4.79 Å². The van der Waals surface area contributed by atoms with Crippen LogP contribution in [0.1, 0.15) is 16.7 Å². The molecular formula is C19H21N3O. The molecule has 3 rings (SSSR count). The van der Waals surface area contributed by atoms with Gasteiger partial charge in [-0.05, 0) is 42.7 Å². The Morgan fingerprint density at radius 3 is 2.57 bits per heavy atom. The van der Waals surface area contributed by atoms with Gasteiger partial charge in [0.1, 0.15) is 6.54 Å². The smallest absolute Gasteiger partial charge is 0.242 e. The number of aromatic nitrogens is 2. The van der Waals surface area contributed by atoms with Crippen LogP contribution in [0.4, 0.5) is 0 Å². The van der Waals surface area contributed by atoms with Gasteiger partial charge in [0.15, 0.2) is 0 Å². The first-order chi connectivity index (χ1) is 11.0. The number of aryl methyl sites for hydroxylation is 2. The third-order valence-corrected chi connectivity index (χ3v) is 4.23. The molecule has 1 aromatic heterocycles. The van der Waals surface area contributed by atoms with Crippen LogP contribution in [0.2, 0.25) is 0 Å². The van der Waals surface area contributed by atoms with Crippen molar-refractivity contribution in [1.82, 2.24) is 14.5 Å². The minimum absolute atomic E-state index is 0.0754. The summed E-state index contributed by atoms with van der Waals surface area (Å²) in [5, 5.41) is 0. The Balaban J connectivity index is 1.76. The Morgan fingerprint density at radius 2 is 1.83 bits per heavy atom. The Hall–Kier alpha value is -2.62. The van der Waals surface area contributed by atoms with E-state index >= 15 is 0 Å². The standard InChI is InChI=1S/C19H21N3O/c1-14-9-17-18(10-15(14)2)22(13-20-17)12-19(23)21(3)11-16-7-5-4-6-8-16/h4-10,13H,11-12H2,1-3H3. The minimum Gasteiger partial charge on any atom is -0.340 e. The van der Waals surface area contributed by atoms with Crippen molar-refractivity contribution >= 4 is 16.9 Å². The molecule has 0 unspecified atom stereocenters. The molecule has 0 radical (unpaired) electrons. The maximum atomic E-state index is 12.5. The molecule has 1 heterocycles. The fourth-order valence-electron chi connectivity index (χ4n) is 2.65. The lowest BCUT2D eigenvalue weighted by atomic mass is 10.1. The average molecular weight is 307 g/mol. The molecule has 0 aliphatic heterocycles. The van der Waals surface area contributed by atoms with Crippen molar-refractivity contribution in [1.29, 1.82) is 0 Å². The number of nitrogens with zero attached hydrogens (tertiary/aromatic N) is 3. The van der Waals surface area contributed by atoms with Crippen LogP contribution in [-0.2, 0) is 17.9 Å². The number of fused-ring (bicyclic) bond motifs is 1. The molecule has 0 N–H and O–H groups in total. The second-order valence-electron chi connectivity index (χ2n) is 6.03. The summed E-state index contributed by atoms with van der Waals surface area (Å²) >= 11 is 0. The summed E-state index contributed by atoms with van der Waals surface area (Å²) in [6.07, 6.45) is 1.75. The zero-order chi connectivity index (χ0) is 16.4. The van der Waals surface area contributed by atoms with Gasteiger partial charge in [-0.2, -0.15) is 0 Å². The lowest BCUT2D eigenvalue weighted by Crippen LogP contribution is -2.29. The third kappa shape index (κ3) is 3.26. The Kier molecular flexibility index (Phi) is 4.15. The van der Waals surface area contributed by atoms with Gasteiger partial charge in [0.2, 0.25) is 5.91 Å². The van der Waals surface area contributed by atoms with Gasteiger partial charge < -0.3 is 9.47 Å². The molecule has 0 fully saturated rings. The van der Waals surface area contributed by atoms with E-state index < -0.39 is 0 Å². The number of hydrogen-bond acceptors (Lipinski definition) is 2. The van der Waals surface area contributed by atoms with Crippen LogP contribution < -0.4 is 0 Å². The SMILES string of the molecule is Cc1cc2ncn(CC(=O)N(C)Cc3ccccc3)c2cc1C. The summed E-state index contributed by atoms with van der Waals surface area (Å²) in [7, 11) is 1.84. The van der Waals surface area contributed by atoms with Crippen molar-refractivity contribution in [3.8, 4) is 0 Å². The summed E-state index contributed by atoms with van der Waals surface area (Å²) in [5.74, 6) is 0.0754. The Morgan fingerprint density at radius 1 is 1.13 bits per heavy atom. The molecule has 0 aliphatic rings. The van der Waals surface area contributed by atoms with E-state index in [9.17, 15) is 4.79 Å². The van der Waals surface area contributed by atoms with Crippen LogP contribution in [0.5, 0.6) is 0 Å². The summed E-state index contributed by atoms with van der Waals surface area (Å²) in [5.41, 5.74) is 5.51. The molecule has 3 aromatic rings. The molecule has 4 nitrogen and oxygen atoms in total. The summed E-state index contributed by atoms with van der Waals surface area (Å²) < 4.78 is 1.92. The molecule has 0 spiro atoms. The van der Waals surface area contributed by atoms with Crippen molar-refractivity contribution in [3.63, 3.8) is 0 Å². The van der Waals surface area contributed by atoms with Gasteiger partial charge >= 0.3 is 0 Å². The zero-order valence-electron chi connectivity index (χ0n) is 13.8. The highest BCUT2D eigenvalue weighted by Crippen LogP contribution is 2.18. The van der Waals surface area contributed by atoms with Gasteiger partial charge in [0, 0.05) is 13.6 Å². The van der Waals surface area contributed by atoms with E-state index in [1.165, 1.54) is 11.1 Å². The molecule has 23 heavy (non-hydrogen) atoms. The summed E-state index contributed by atoms with van der Waals surface area (Å²) in [4.78, 5) is 18.6. The van der Waals surface area contributed by atoms with Gasteiger partial charge in [-0.15, -0.1) is 0 Å². The van der Waals surface area contributed by atoms with Crippen molar-refractivity contribution in [2.24, 2.45) is 0 Å². The van der Waals surface area contributed by atoms with Gasteiger partial charge in [0.25, 0.3) is 0 Å². The summed E-state index contributed by atoms with van der Waals surface area (Å²) in [6.45, 7) is 5.08. The van der Waals surface area contributed by atoms with E-state index in [-0.39, 0.29) is 5.91 Å². The highest BCUT2D eigenvalue weighted by Gasteiger charge is 2.12. The van der Waals surface area contributed by atoms with Crippen molar-refractivity contribution in [3.05, 3.63) is 65.5 Å². The maximum absolute atomic E-state index is 12.5. The maximum Gasteiger partial charge on any atom is 0.242 e. The molecule has 2 aromatic carbocycles. The predicted molar refractivity (Wildman–Crippen MR) is 92.1 cm³/mol. The van der Waals surface area contributed by atoms with Crippen LogP contribution in [0.15, 0.2) is 48.8 Å². The molecule has 0 aliphatic carbocycles. The van der Waals surface area contributed by atoms with Crippen molar-refractivity contribution < 1.29 is 4.79 Å². The monoisotopic (exact) mass is 307 g/mol. The number of rotatable bonds is 4. The van der Waals surface area contributed by atoms with Crippen LogP contribution in [0, 0.1) is 13.8 Å². The number of imidazole rings is 1. The second kappa shape index (κ2) is 6.24. The first-order valence-electron chi connectivity index (χ1n) is 7.74. The molecular weight excluding hydrogens is 286 g/mol. The molecule has 0 bridgehead atoms. The summed E-state index contributed by atoms with van der Waals surface area (Å²) in [6, 6.07) is 14.2. The van der Waals surface area contributed by atoms with E-state index in [0.717, 1.165) is 16.6 Å². The molecule has 1 amide bonds. The van der Waals surface area contributed by atoms with Crippen LogP contribution in [0.3, 0.4) is 0 Å².